The summed E-state index contributed by atoms with van der Waals surface area (Å²) in [5.41, 5.74) is 3.34. The SMILES string of the molecule is CCc1ccc(NC(=O)Cn2nc(C)c3cnn(-c4ccccc4)c3c2=O)cc1. The molecule has 0 atom stereocenters. The third kappa shape index (κ3) is 3.67. The number of hydrogen-bond donors (Lipinski definition) is 1. The summed E-state index contributed by atoms with van der Waals surface area (Å²) in [5, 5.41) is 12.1. The lowest BCUT2D eigenvalue weighted by Crippen LogP contribution is -2.31. The standard InChI is InChI=1S/C22H21N5O2/c1-3-16-9-11-17(12-10-16)24-20(28)14-26-22(29)21-19(15(2)25-26)13-23-27(21)18-7-5-4-6-8-18/h4-13H,3,14H2,1-2H3,(H,24,28). The second-order valence-electron chi connectivity index (χ2n) is 6.80. The molecule has 2 aromatic carbocycles. The number of nitrogens with zero attached hydrogens (tertiary/aromatic N) is 4. The number of benzene rings is 2. The van der Waals surface area contributed by atoms with E-state index in [0.717, 1.165) is 12.1 Å². The summed E-state index contributed by atoms with van der Waals surface area (Å²) >= 11 is 0. The molecule has 1 amide bonds. The second-order valence-corrected chi connectivity index (χ2v) is 6.80. The van der Waals surface area contributed by atoms with Crippen LogP contribution in [0.3, 0.4) is 0 Å². The van der Waals surface area contributed by atoms with E-state index in [2.05, 4.69) is 22.4 Å². The van der Waals surface area contributed by atoms with Crippen LogP contribution >= 0.6 is 0 Å². The molecule has 4 aromatic rings. The van der Waals surface area contributed by atoms with Gasteiger partial charge in [-0.05, 0) is 43.2 Å². The topological polar surface area (TPSA) is 81.8 Å². The number of anilines is 1. The first kappa shape index (κ1) is 18.6. The predicted molar refractivity (Wildman–Crippen MR) is 112 cm³/mol. The maximum Gasteiger partial charge on any atom is 0.293 e. The summed E-state index contributed by atoms with van der Waals surface area (Å²) in [4.78, 5) is 25.6. The molecule has 2 heterocycles. The fourth-order valence-electron chi connectivity index (χ4n) is 3.25. The lowest BCUT2D eigenvalue weighted by Gasteiger charge is -2.09. The number of fused-ring (bicyclic) bond motifs is 1. The average molecular weight is 387 g/mol. The van der Waals surface area contributed by atoms with E-state index in [4.69, 9.17) is 0 Å². The molecule has 0 aliphatic carbocycles. The Bertz CT molecular complexity index is 1220. The molecule has 0 radical (unpaired) electrons. The zero-order valence-corrected chi connectivity index (χ0v) is 16.3. The minimum Gasteiger partial charge on any atom is -0.324 e. The van der Waals surface area contributed by atoms with Gasteiger partial charge < -0.3 is 5.32 Å². The molecule has 0 saturated heterocycles. The van der Waals surface area contributed by atoms with E-state index in [1.807, 2.05) is 54.6 Å². The molecule has 7 heteroatoms. The first-order chi connectivity index (χ1) is 14.1. The van der Waals surface area contributed by atoms with Gasteiger partial charge in [0.25, 0.3) is 5.56 Å². The van der Waals surface area contributed by atoms with Crippen molar-refractivity contribution in [1.82, 2.24) is 19.6 Å². The highest BCUT2D eigenvalue weighted by Gasteiger charge is 2.16. The minimum atomic E-state index is -0.358. The van der Waals surface area contributed by atoms with Crippen molar-refractivity contribution in [3.8, 4) is 5.69 Å². The Morgan fingerprint density at radius 1 is 1.07 bits per heavy atom. The predicted octanol–water partition coefficient (Wildman–Crippen LogP) is 3.09. The van der Waals surface area contributed by atoms with E-state index in [9.17, 15) is 9.59 Å². The fraction of sp³-hybridized carbons (Fsp3) is 0.182. The highest BCUT2D eigenvalue weighted by atomic mass is 16.2. The highest BCUT2D eigenvalue weighted by molar-refractivity contribution is 5.90. The third-order valence-corrected chi connectivity index (χ3v) is 4.81. The van der Waals surface area contributed by atoms with Gasteiger partial charge in [0, 0.05) is 11.1 Å². The summed E-state index contributed by atoms with van der Waals surface area (Å²) in [6, 6.07) is 17.1. The van der Waals surface area contributed by atoms with Gasteiger partial charge >= 0.3 is 0 Å². The molecule has 0 unspecified atom stereocenters. The van der Waals surface area contributed by atoms with Crippen LogP contribution in [-0.2, 0) is 17.8 Å². The lowest BCUT2D eigenvalue weighted by molar-refractivity contribution is -0.117. The third-order valence-electron chi connectivity index (χ3n) is 4.81. The number of hydrogen-bond acceptors (Lipinski definition) is 4. The Morgan fingerprint density at radius 2 is 1.79 bits per heavy atom. The molecule has 0 bridgehead atoms. The van der Waals surface area contributed by atoms with Crippen LogP contribution in [0.15, 0.2) is 65.6 Å². The maximum atomic E-state index is 13.1. The van der Waals surface area contributed by atoms with Crippen molar-refractivity contribution in [1.29, 1.82) is 0 Å². The van der Waals surface area contributed by atoms with Gasteiger partial charge in [0.15, 0.2) is 0 Å². The maximum absolute atomic E-state index is 13.1. The summed E-state index contributed by atoms with van der Waals surface area (Å²) in [6.07, 6.45) is 2.56. The van der Waals surface area contributed by atoms with Gasteiger partial charge in [0.1, 0.15) is 12.1 Å². The molecule has 7 nitrogen and oxygen atoms in total. The van der Waals surface area contributed by atoms with E-state index < -0.39 is 0 Å². The molecule has 0 saturated carbocycles. The van der Waals surface area contributed by atoms with Crippen molar-refractivity contribution in [3.05, 3.63) is 82.4 Å². The van der Waals surface area contributed by atoms with Crippen molar-refractivity contribution in [2.45, 2.75) is 26.8 Å². The van der Waals surface area contributed by atoms with Crippen LogP contribution in [0.4, 0.5) is 5.69 Å². The molecular formula is C22H21N5O2. The molecular weight excluding hydrogens is 366 g/mol. The van der Waals surface area contributed by atoms with E-state index >= 15 is 0 Å². The van der Waals surface area contributed by atoms with E-state index in [1.165, 1.54) is 10.2 Å². The van der Waals surface area contributed by atoms with Gasteiger partial charge in [-0.2, -0.15) is 10.2 Å². The van der Waals surface area contributed by atoms with Crippen molar-refractivity contribution >= 4 is 22.5 Å². The number of aryl methyl sites for hydroxylation is 2. The van der Waals surface area contributed by atoms with Crippen molar-refractivity contribution in [3.63, 3.8) is 0 Å². The van der Waals surface area contributed by atoms with Crippen LogP contribution in [0.1, 0.15) is 18.2 Å². The Labute approximate surface area is 167 Å². The summed E-state index contributed by atoms with van der Waals surface area (Å²) in [6.45, 7) is 3.70. The molecule has 29 heavy (non-hydrogen) atoms. The molecule has 0 aliphatic rings. The number of carbonyl (C=O) groups excluding carboxylic acids is 1. The van der Waals surface area contributed by atoms with Gasteiger partial charge in [-0.1, -0.05) is 37.3 Å². The normalized spacial score (nSPS) is 11.0. The molecule has 0 spiro atoms. The Kier molecular flexibility index (Phi) is 4.95. The number of para-hydroxylation sites is 1. The smallest absolute Gasteiger partial charge is 0.293 e. The monoisotopic (exact) mass is 387 g/mol. The van der Waals surface area contributed by atoms with Crippen LogP contribution in [0, 0.1) is 6.92 Å². The molecule has 1 N–H and O–H groups in total. The zero-order chi connectivity index (χ0) is 20.4. The number of rotatable bonds is 5. The first-order valence-electron chi connectivity index (χ1n) is 9.46. The number of aromatic nitrogens is 4. The molecule has 0 aliphatic heterocycles. The van der Waals surface area contributed by atoms with E-state index in [0.29, 0.717) is 22.3 Å². The van der Waals surface area contributed by atoms with Crippen LogP contribution in [-0.4, -0.2) is 25.5 Å². The Hall–Kier alpha value is -3.74. The van der Waals surface area contributed by atoms with Crippen LogP contribution in [0.5, 0.6) is 0 Å². The molecule has 2 aromatic heterocycles. The minimum absolute atomic E-state index is 0.175. The second kappa shape index (κ2) is 7.71. The van der Waals surface area contributed by atoms with Gasteiger partial charge in [0.05, 0.1) is 17.6 Å². The van der Waals surface area contributed by atoms with Gasteiger partial charge in [-0.25, -0.2) is 9.36 Å². The van der Waals surface area contributed by atoms with Gasteiger partial charge in [-0.3, -0.25) is 9.59 Å². The van der Waals surface area contributed by atoms with Crippen molar-refractivity contribution in [2.75, 3.05) is 5.32 Å². The lowest BCUT2D eigenvalue weighted by atomic mass is 10.1. The quantitative estimate of drug-likeness (QED) is 0.571. The summed E-state index contributed by atoms with van der Waals surface area (Å²) in [7, 11) is 0. The molecule has 146 valence electrons. The highest BCUT2D eigenvalue weighted by Crippen LogP contribution is 2.17. The molecule has 4 rings (SSSR count). The van der Waals surface area contributed by atoms with Gasteiger partial charge in [-0.15, -0.1) is 0 Å². The number of carbonyl (C=O) groups is 1. The van der Waals surface area contributed by atoms with Crippen LogP contribution in [0.25, 0.3) is 16.6 Å². The van der Waals surface area contributed by atoms with Gasteiger partial charge in [0.2, 0.25) is 5.91 Å². The number of nitrogens with one attached hydrogen (secondary N) is 1. The zero-order valence-electron chi connectivity index (χ0n) is 16.3. The van der Waals surface area contributed by atoms with E-state index in [-0.39, 0.29) is 18.0 Å². The van der Waals surface area contributed by atoms with Crippen LogP contribution < -0.4 is 10.9 Å². The summed E-state index contributed by atoms with van der Waals surface area (Å²) < 4.78 is 2.78. The molecule has 0 fully saturated rings. The number of amides is 1. The van der Waals surface area contributed by atoms with E-state index in [1.54, 1.807) is 17.8 Å². The Balaban J connectivity index is 1.66. The van der Waals surface area contributed by atoms with Crippen molar-refractivity contribution in [2.24, 2.45) is 0 Å². The summed E-state index contributed by atoms with van der Waals surface area (Å²) in [5.74, 6) is -0.312. The fourth-order valence-corrected chi connectivity index (χ4v) is 3.25. The Morgan fingerprint density at radius 3 is 2.48 bits per heavy atom. The largest absolute Gasteiger partial charge is 0.324 e. The van der Waals surface area contributed by atoms with Crippen LogP contribution in [0.2, 0.25) is 0 Å². The average Bonchev–Trinajstić information content (AvgIpc) is 3.19. The van der Waals surface area contributed by atoms with Crippen molar-refractivity contribution < 1.29 is 4.79 Å². The first-order valence-corrected chi connectivity index (χ1v) is 9.46.